The van der Waals surface area contributed by atoms with E-state index in [-0.39, 0.29) is 0 Å². The molecule has 0 aliphatic rings. The van der Waals surface area contributed by atoms with Crippen LogP contribution in [0.3, 0.4) is 0 Å². The number of nitrogens with one attached hydrogen (secondary N) is 2. The molecule has 0 heterocycles. The number of rotatable bonds is 10. The summed E-state index contributed by atoms with van der Waals surface area (Å²) in [6.07, 6.45) is 0.946. The Kier molecular flexibility index (Phi) is 9.25. The maximum Gasteiger partial charge on any atom is 0.191 e. The summed E-state index contributed by atoms with van der Waals surface area (Å²) in [5.74, 6) is 0.793. The van der Waals surface area contributed by atoms with E-state index in [1.54, 1.807) is 14.2 Å². The summed E-state index contributed by atoms with van der Waals surface area (Å²) in [6, 6.07) is 18.5. The monoisotopic (exact) mass is 355 g/mol. The van der Waals surface area contributed by atoms with Gasteiger partial charge < -0.3 is 20.1 Å². The Morgan fingerprint density at radius 3 is 2.38 bits per heavy atom. The number of hydrogen-bond acceptors (Lipinski definition) is 3. The quantitative estimate of drug-likeness (QED) is 0.391. The summed E-state index contributed by atoms with van der Waals surface area (Å²) in [4.78, 5) is 4.25. The molecule has 0 spiro atoms. The number of nitrogens with zero attached hydrogens (tertiary/aromatic N) is 1. The van der Waals surface area contributed by atoms with E-state index >= 15 is 0 Å². The predicted molar refractivity (Wildman–Crippen MR) is 106 cm³/mol. The highest BCUT2D eigenvalue weighted by Gasteiger charge is 2.04. The van der Waals surface area contributed by atoms with Gasteiger partial charge in [-0.2, -0.15) is 0 Å². The first-order chi connectivity index (χ1) is 12.8. The van der Waals surface area contributed by atoms with Crippen LogP contribution in [0.15, 0.2) is 59.6 Å². The maximum atomic E-state index is 5.88. The van der Waals surface area contributed by atoms with Gasteiger partial charge in [0.1, 0.15) is 0 Å². The molecule has 26 heavy (non-hydrogen) atoms. The molecule has 2 aromatic rings. The van der Waals surface area contributed by atoms with Crippen LogP contribution in [0.5, 0.6) is 0 Å². The zero-order chi connectivity index (χ0) is 18.5. The van der Waals surface area contributed by atoms with Crippen LogP contribution in [-0.2, 0) is 29.2 Å². The van der Waals surface area contributed by atoms with E-state index in [2.05, 4.69) is 39.9 Å². The summed E-state index contributed by atoms with van der Waals surface area (Å²) in [6.45, 7) is 3.48. The molecule has 0 fully saturated rings. The molecule has 0 amide bonds. The van der Waals surface area contributed by atoms with Crippen molar-refractivity contribution in [2.45, 2.75) is 26.2 Å². The first-order valence-corrected chi connectivity index (χ1v) is 8.95. The number of guanidine groups is 1. The lowest BCUT2D eigenvalue weighted by Crippen LogP contribution is -2.37. The average Bonchev–Trinajstić information content (AvgIpc) is 2.69. The van der Waals surface area contributed by atoms with Gasteiger partial charge in [0.2, 0.25) is 0 Å². The van der Waals surface area contributed by atoms with Crippen molar-refractivity contribution in [3.63, 3.8) is 0 Å². The Hall–Kier alpha value is -2.37. The molecule has 0 saturated carbocycles. The smallest absolute Gasteiger partial charge is 0.191 e. The third-order valence-corrected chi connectivity index (χ3v) is 3.98. The van der Waals surface area contributed by atoms with Crippen molar-refractivity contribution in [1.82, 2.24) is 10.6 Å². The molecule has 5 heteroatoms. The van der Waals surface area contributed by atoms with Crippen molar-refractivity contribution in [3.05, 3.63) is 71.3 Å². The first kappa shape index (κ1) is 19.9. The topological polar surface area (TPSA) is 54.9 Å². The Balaban J connectivity index is 1.81. The number of ether oxygens (including phenoxy) is 2. The van der Waals surface area contributed by atoms with Gasteiger partial charge in [0.25, 0.3) is 0 Å². The Bertz CT molecular complexity index is 659. The molecule has 0 bridgehead atoms. The van der Waals surface area contributed by atoms with Gasteiger partial charge in [0, 0.05) is 33.9 Å². The van der Waals surface area contributed by atoms with Crippen molar-refractivity contribution in [2.75, 3.05) is 27.3 Å². The van der Waals surface area contributed by atoms with Crippen LogP contribution in [-0.4, -0.2) is 33.3 Å². The van der Waals surface area contributed by atoms with Crippen LogP contribution in [0.2, 0.25) is 0 Å². The zero-order valence-electron chi connectivity index (χ0n) is 15.7. The van der Waals surface area contributed by atoms with E-state index in [1.165, 1.54) is 16.7 Å². The van der Waals surface area contributed by atoms with Gasteiger partial charge in [0.05, 0.1) is 13.2 Å². The van der Waals surface area contributed by atoms with E-state index in [9.17, 15) is 0 Å². The van der Waals surface area contributed by atoms with Crippen LogP contribution in [0.1, 0.15) is 23.1 Å². The molecular weight excluding hydrogens is 326 g/mol. The molecule has 0 aliphatic heterocycles. The minimum atomic E-state index is 0.590. The fourth-order valence-electron chi connectivity index (χ4n) is 2.55. The Morgan fingerprint density at radius 1 is 0.923 bits per heavy atom. The first-order valence-electron chi connectivity index (χ1n) is 8.95. The van der Waals surface area contributed by atoms with Crippen LogP contribution < -0.4 is 10.6 Å². The van der Waals surface area contributed by atoms with Gasteiger partial charge >= 0.3 is 0 Å². The van der Waals surface area contributed by atoms with Gasteiger partial charge in [-0.1, -0.05) is 54.6 Å². The van der Waals surface area contributed by atoms with Gasteiger partial charge in [0.15, 0.2) is 5.96 Å². The molecule has 2 aromatic carbocycles. The highest BCUT2D eigenvalue weighted by atomic mass is 16.5. The fraction of sp³-hybridized carbons (Fsp3) is 0.381. The van der Waals surface area contributed by atoms with Gasteiger partial charge in [-0.25, -0.2) is 0 Å². The van der Waals surface area contributed by atoms with Crippen LogP contribution >= 0.6 is 0 Å². The number of aliphatic imine (C=N–C) groups is 1. The van der Waals surface area contributed by atoms with Crippen molar-refractivity contribution in [2.24, 2.45) is 4.99 Å². The van der Waals surface area contributed by atoms with Crippen LogP contribution in [0, 0.1) is 0 Å². The predicted octanol–water partition coefficient (Wildman–Crippen LogP) is 3.10. The van der Waals surface area contributed by atoms with Crippen LogP contribution in [0.25, 0.3) is 0 Å². The van der Waals surface area contributed by atoms with E-state index in [1.807, 2.05) is 30.3 Å². The van der Waals surface area contributed by atoms with Gasteiger partial charge in [-0.15, -0.1) is 0 Å². The molecule has 0 aromatic heterocycles. The molecule has 140 valence electrons. The SMILES string of the molecule is CN=C(NCCCOC)NCc1ccccc1COCc1ccccc1. The average molecular weight is 355 g/mol. The van der Waals surface area contributed by atoms with E-state index in [0.717, 1.165) is 25.5 Å². The summed E-state index contributed by atoms with van der Waals surface area (Å²) in [5.41, 5.74) is 3.58. The summed E-state index contributed by atoms with van der Waals surface area (Å²) >= 11 is 0. The zero-order valence-corrected chi connectivity index (χ0v) is 15.7. The Labute approximate surface area is 156 Å². The largest absolute Gasteiger partial charge is 0.385 e. The van der Waals surface area contributed by atoms with Crippen molar-refractivity contribution >= 4 is 5.96 Å². The maximum absolute atomic E-state index is 5.88. The van der Waals surface area contributed by atoms with Crippen molar-refractivity contribution < 1.29 is 9.47 Å². The summed E-state index contributed by atoms with van der Waals surface area (Å²) < 4.78 is 10.9. The summed E-state index contributed by atoms with van der Waals surface area (Å²) in [5, 5.41) is 6.64. The third kappa shape index (κ3) is 7.25. The normalized spacial score (nSPS) is 11.4. The molecule has 2 rings (SSSR count). The number of hydrogen-bond donors (Lipinski definition) is 2. The lowest BCUT2D eigenvalue weighted by Gasteiger charge is -2.14. The third-order valence-electron chi connectivity index (χ3n) is 3.98. The van der Waals surface area contributed by atoms with E-state index < -0.39 is 0 Å². The fourth-order valence-corrected chi connectivity index (χ4v) is 2.55. The minimum absolute atomic E-state index is 0.590. The second-order valence-corrected chi connectivity index (χ2v) is 5.95. The Morgan fingerprint density at radius 2 is 1.65 bits per heavy atom. The lowest BCUT2D eigenvalue weighted by atomic mass is 10.1. The number of methoxy groups -OCH3 is 1. The molecule has 0 aliphatic carbocycles. The second kappa shape index (κ2) is 12.1. The van der Waals surface area contributed by atoms with Crippen LogP contribution in [0.4, 0.5) is 0 Å². The van der Waals surface area contributed by atoms with E-state index in [4.69, 9.17) is 9.47 Å². The molecule has 0 saturated heterocycles. The molecule has 0 radical (unpaired) electrons. The molecule has 0 atom stereocenters. The standard InChI is InChI=1S/C21H29N3O2/c1-22-21(23-13-8-14-25-2)24-15-19-11-6-7-12-20(19)17-26-16-18-9-4-3-5-10-18/h3-7,9-12H,8,13-17H2,1-2H3,(H2,22,23,24). The molecule has 2 N–H and O–H groups in total. The van der Waals surface area contributed by atoms with Gasteiger partial charge in [-0.05, 0) is 23.1 Å². The second-order valence-electron chi connectivity index (χ2n) is 5.95. The number of benzene rings is 2. The lowest BCUT2D eigenvalue weighted by molar-refractivity contribution is 0.106. The molecule has 5 nitrogen and oxygen atoms in total. The highest BCUT2D eigenvalue weighted by Crippen LogP contribution is 2.11. The van der Waals surface area contributed by atoms with Gasteiger partial charge in [-0.3, -0.25) is 4.99 Å². The van der Waals surface area contributed by atoms with Crippen molar-refractivity contribution in [1.29, 1.82) is 0 Å². The molecule has 0 unspecified atom stereocenters. The summed E-state index contributed by atoms with van der Waals surface area (Å²) in [7, 11) is 3.49. The highest BCUT2D eigenvalue weighted by molar-refractivity contribution is 5.79. The van der Waals surface area contributed by atoms with E-state index in [0.29, 0.717) is 19.8 Å². The van der Waals surface area contributed by atoms with Crippen molar-refractivity contribution in [3.8, 4) is 0 Å². The minimum Gasteiger partial charge on any atom is -0.385 e. The molecular formula is C21H29N3O2.